The van der Waals surface area contributed by atoms with Gasteiger partial charge in [0.15, 0.2) is 0 Å². The summed E-state index contributed by atoms with van der Waals surface area (Å²) in [5.41, 5.74) is -0.518. The lowest BCUT2D eigenvalue weighted by Gasteiger charge is -2.32. The van der Waals surface area contributed by atoms with Gasteiger partial charge in [0.1, 0.15) is 11.5 Å². The fourth-order valence-electron chi connectivity index (χ4n) is 2.52. The molecule has 0 amide bonds. The second kappa shape index (κ2) is 6.13. The van der Waals surface area contributed by atoms with Gasteiger partial charge in [0, 0.05) is 16.7 Å². The maximum Gasteiger partial charge on any atom is 0.125 e. The first-order valence-corrected chi connectivity index (χ1v) is 6.53. The molecule has 5 heteroatoms. The molecule has 0 aliphatic rings. The molecular weight excluding hydrogens is 272 g/mol. The monoisotopic (exact) mass is 290 g/mol. The van der Waals surface area contributed by atoms with Crippen LogP contribution in [0.5, 0.6) is 11.5 Å². The van der Waals surface area contributed by atoms with E-state index in [1.54, 1.807) is 36.4 Å². The van der Waals surface area contributed by atoms with Crippen molar-refractivity contribution in [2.24, 2.45) is 0 Å². The van der Waals surface area contributed by atoms with Crippen molar-refractivity contribution in [3.8, 4) is 11.5 Å². The van der Waals surface area contributed by atoms with Crippen LogP contribution in [0.1, 0.15) is 16.7 Å². The fraction of sp³-hybridized carbons (Fsp3) is 0.250. The predicted octanol–water partition coefficient (Wildman–Crippen LogP) is 0.861. The van der Waals surface area contributed by atoms with Gasteiger partial charge in [-0.25, -0.2) is 0 Å². The van der Waals surface area contributed by atoms with Crippen LogP contribution in [-0.4, -0.2) is 38.7 Å². The van der Waals surface area contributed by atoms with E-state index in [0.29, 0.717) is 5.56 Å². The summed E-state index contributed by atoms with van der Waals surface area (Å²) in [4.78, 5) is 0. The first-order valence-electron chi connectivity index (χ1n) is 6.53. The summed E-state index contributed by atoms with van der Waals surface area (Å²) in [6.07, 6.45) is 0. The molecule has 0 radical (unpaired) electrons. The molecule has 5 N–H and O–H groups in total. The molecule has 0 atom stereocenters. The Kier molecular flexibility index (Phi) is 4.47. The maximum absolute atomic E-state index is 10.3. The van der Waals surface area contributed by atoms with E-state index in [0.717, 1.165) is 0 Å². The zero-order chi connectivity index (χ0) is 15.5. The first kappa shape index (κ1) is 15.3. The smallest absolute Gasteiger partial charge is 0.125 e. The van der Waals surface area contributed by atoms with Crippen LogP contribution in [0.3, 0.4) is 0 Å². The first-order chi connectivity index (χ1) is 10.1. The number of benzene rings is 2. The third-order valence-electron chi connectivity index (χ3n) is 3.76. The highest BCUT2D eigenvalue weighted by Gasteiger charge is 2.38. The quantitative estimate of drug-likeness (QED) is 0.562. The number of phenolic OH excluding ortho intramolecular Hbond substituents is 1. The molecule has 0 fully saturated rings. The molecule has 0 aromatic heterocycles. The Hall–Kier alpha value is -2.08. The number of aromatic hydroxyl groups is 2. The number of phenols is 2. The molecule has 0 aliphatic carbocycles. The van der Waals surface area contributed by atoms with Gasteiger partial charge in [-0.15, -0.1) is 0 Å². The van der Waals surface area contributed by atoms with Crippen LogP contribution in [-0.2, 0) is 12.0 Å². The lowest BCUT2D eigenvalue weighted by molar-refractivity contribution is 0.138. The van der Waals surface area contributed by atoms with E-state index in [2.05, 4.69) is 0 Å². The minimum atomic E-state index is -1.36. The molecule has 112 valence electrons. The summed E-state index contributed by atoms with van der Waals surface area (Å²) in [5, 5.41) is 49.3. The Bertz CT molecular complexity index is 620. The standard InChI is InChI=1S/C16H18O5/c17-8-11-4-3-6-13(15(11)21)16(9-18,10-19)12-5-1-2-7-14(12)20/h1-7,17-21H,8-10H2. The molecule has 0 aliphatic heterocycles. The lowest BCUT2D eigenvalue weighted by atomic mass is 9.74. The number of hydrogen-bond acceptors (Lipinski definition) is 5. The Morgan fingerprint density at radius 1 is 0.762 bits per heavy atom. The van der Waals surface area contributed by atoms with Crippen molar-refractivity contribution in [2.75, 3.05) is 13.2 Å². The minimum absolute atomic E-state index is 0.0885. The molecule has 21 heavy (non-hydrogen) atoms. The van der Waals surface area contributed by atoms with E-state index in [1.165, 1.54) is 6.07 Å². The highest BCUT2D eigenvalue weighted by atomic mass is 16.3. The zero-order valence-corrected chi connectivity index (χ0v) is 11.4. The van der Waals surface area contributed by atoms with Crippen molar-refractivity contribution in [2.45, 2.75) is 12.0 Å². The van der Waals surface area contributed by atoms with Gasteiger partial charge in [-0.2, -0.15) is 0 Å². The van der Waals surface area contributed by atoms with E-state index in [4.69, 9.17) is 0 Å². The summed E-state index contributed by atoms with van der Waals surface area (Å²) in [5.74, 6) is -0.291. The van der Waals surface area contributed by atoms with Gasteiger partial charge in [-0.3, -0.25) is 0 Å². The average molecular weight is 290 g/mol. The summed E-state index contributed by atoms with van der Waals surface area (Å²) in [6.45, 7) is -1.39. The van der Waals surface area contributed by atoms with Crippen molar-refractivity contribution in [1.29, 1.82) is 0 Å². The van der Waals surface area contributed by atoms with E-state index in [-0.39, 0.29) is 29.2 Å². The van der Waals surface area contributed by atoms with Crippen LogP contribution in [0.4, 0.5) is 0 Å². The molecule has 0 bridgehead atoms. The second-order valence-electron chi connectivity index (χ2n) is 4.89. The van der Waals surface area contributed by atoms with Crippen molar-refractivity contribution in [1.82, 2.24) is 0 Å². The van der Waals surface area contributed by atoms with Gasteiger partial charge >= 0.3 is 0 Å². The van der Waals surface area contributed by atoms with Gasteiger partial charge in [-0.1, -0.05) is 36.4 Å². The Morgan fingerprint density at radius 2 is 1.38 bits per heavy atom. The third kappa shape index (κ3) is 2.47. The average Bonchev–Trinajstić information content (AvgIpc) is 2.52. The van der Waals surface area contributed by atoms with Crippen LogP contribution in [0.25, 0.3) is 0 Å². The fourth-order valence-corrected chi connectivity index (χ4v) is 2.52. The Labute approximate surface area is 122 Å². The minimum Gasteiger partial charge on any atom is -0.508 e. The van der Waals surface area contributed by atoms with Gasteiger partial charge in [0.25, 0.3) is 0 Å². The van der Waals surface area contributed by atoms with Crippen molar-refractivity contribution in [3.63, 3.8) is 0 Å². The predicted molar refractivity (Wildman–Crippen MR) is 77.1 cm³/mol. The van der Waals surface area contributed by atoms with Crippen molar-refractivity contribution < 1.29 is 25.5 Å². The van der Waals surface area contributed by atoms with Gasteiger partial charge in [0.05, 0.1) is 25.2 Å². The molecule has 0 saturated carbocycles. The van der Waals surface area contributed by atoms with E-state index in [1.807, 2.05) is 0 Å². The van der Waals surface area contributed by atoms with Gasteiger partial charge in [-0.05, 0) is 6.07 Å². The molecule has 2 rings (SSSR count). The highest BCUT2D eigenvalue weighted by molar-refractivity contribution is 5.53. The van der Waals surface area contributed by atoms with Crippen LogP contribution >= 0.6 is 0 Å². The number of rotatable bonds is 5. The van der Waals surface area contributed by atoms with Gasteiger partial charge in [0.2, 0.25) is 0 Å². The molecule has 0 heterocycles. The Balaban J connectivity index is 2.72. The molecule has 0 spiro atoms. The molecular formula is C16H18O5. The maximum atomic E-state index is 10.3. The van der Waals surface area contributed by atoms with Crippen LogP contribution in [0.15, 0.2) is 42.5 Å². The number of aliphatic hydroxyl groups excluding tert-OH is 3. The summed E-state index contributed by atoms with van der Waals surface area (Å²) >= 11 is 0. The summed E-state index contributed by atoms with van der Waals surface area (Å²) in [7, 11) is 0. The molecule has 0 saturated heterocycles. The number of aliphatic hydroxyl groups is 3. The third-order valence-corrected chi connectivity index (χ3v) is 3.76. The van der Waals surface area contributed by atoms with Crippen molar-refractivity contribution in [3.05, 3.63) is 59.2 Å². The highest BCUT2D eigenvalue weighted by Crippen LogP contribution is 2.41. The summed E-state index contributed by atoms with van der Waals surface area (Å²) in [6, 6.07) is 11.0. The van der Waals surface area contributed by atoms with E-state index >= 15 is 0 Å². The SMILES string of the molecule is OCc1cccc(C(CO)(CO)c2ccccc2O)c1O. The zero-order valence-electron chi connectivity index (χ0n) is 11.4. The van der Waals surface area contributed by atoms with Crippen LogP contribution in [0, 0.1) is 0 Å². The Morgan fingerprint density at radius 3 is 1.95 bits per heavy atom. The lowest BCUT2D eigenvalue weighted by Crippen LogP contribution is -2.36. The number of para-hydroxylation sites is 2. The van der Waals surface area contributed by atoms with Crippen LogP contribution < -0.4 is 0 Å². The van der Waals surface area contributed by atoms with E-state index in [9.17, 15) is 25.5 Å². The van der Waals surface area contributed by atoms with Gasteiger partial charge < -0.3 is 25.5 Å². The normalized spacial score (nSPS) is 11.6. The molecule has 0 unspecified atom stereocenters. The van der Waals surface area contributed by atoms with E-state index < -0.39 is 18.6 Å². The molecule has 2 aromatic rings. The van der Waals surface area contributed by atoms with Crippen LogP contribution in [0.2, 0.25) is 0 Å². The summed E-state index contributed by atoms with van der Waals surface area (Å²) < 4.78 is 0. The largest absolute Gasteiger partial charge is 0.508 e. The topological polar surface area (TPSA) is 101 Å². The number of hydrogen-bond donors (Lipinski definition) is 5. The molecule has 5 nitrogen and oxygen atoms in total. The second-order valence-corrected chi connectivity index (χ2v) is 4.89. The van der Waals surface area contributed by atoms with Crippen molar-refractivity contribution >= 4 is 0 Å². The molecule has 2 aromatic carbocycles.